The summed E-state index contributed by atoms with van der Waals surface area (Å²) < 4.78 is 9.13. The maximum atomic E-state index is 6.72. The molecule has 0 bridgehead atoms. The molecule has 0 spiro atoms. The van der Waals surface area contributed by atoms with Crippen LogP contribution in [0.15, 0.2) is 218 Å². The summed E-state index contributed by atoms with van der Waals surface area (Å²) in [5, 5.41) is 7.19. The minimum atomic E-state index is 0.850. The first kappa shape index (κ1) is 33.3. The van der Waals surface area contributed by atoms with Crippen LogP contribution in [-0.4, -0.2) is 4.57 Å². The molecule has 0 radical (unpaired) electrons. The summed E-state index contributed by atoms with van der Waals surface area (Å²) in [5.74, 6) is 1.74. The number of hydrogen-bond donors (Lipinski definition) is 0. The van der Waals surface area contributed by atoms with Gasteiger partial charge < -0.3 is 14.2 Å². The molecule has 0 unspecified atom stereocenters. The van der Waals surface area contributed by atoms with Crippen LogP contribution in [0.5, 0.6) is 11.5 Å². The van der Waals surface area contributed by atoms with Gasteiger partial charge >= 0.3 is 0 Å². The number of benzene rings is 10. The Bertz CT molecular complexity index is 3380. The van der Waals surface area contributed by atoms with Crippen molar-refractivity contribution in [3.05, 3.63) is 218 Å². The molecule has 1 aliphatic heterocycles. The lowest BCUT2D eigenvalue weighted by atomic mass is 9.94. The standard InChI is InChI=1S/C56H36N2O/c1-3-11-37(12-4-1)39-21-25-44(26-22-39)57(47-29-31-48-49-19-9-17-41-18-10-20-54(56(41)49)59-55(48)36-47)46-30-32-52-51(35-46)50-33-42-15-7-8-16-43(42)34-53(50)58(52)45-27-23-40(24-28-45)38-13-5-2-6-14-38/h1-36H. The van der Waals surface area contributed by atoms with E-state index in [1.54, 1.807) is 0 Å². The first-order chi connectivity index (χ1) is 29.2. The molecule has 1 aliphatic rings. The van der Waals surface area contributed by atoms with Gasteiger partial charge in [-0.05, 0) is 117 Å². The van der Waals surface area contributed by atoms with Crippen LogP contribution in [0.2, 0.25) is 0 Å². The lowest BCUT2D eigenvalue weighted by Gasteiger charge is -2.28. The van der Waals surface area contributed by atoms with Gasteiger partial charge in [-0.2, -0.15) is 0 Å². The Labute approximate surface area is 342 Å². The normalized spacial score (nSPS) is 11.9. The van der Waals surface area contributed by atoms with Crippen molar-refractivity contribution in [1.82, 2.24) is 4.57 Å². The molecule has 2 heterocycles. The van der Waals surface area contributed by atoms with Crippen molar-refractivity contribution in [2.75, 3.05) is 4.90 Å². The molecule has 0 atom stereocenters. The Balaban J connectivity index is 1.05. The monoisotopic (exact) mass is 752 g/mol. The smallest absolute Gasteiger partial charge is 0.137 e. The highest BCUT2D eigenvalue weighted by Gasteiger charge is 2.23. The van der Waals surface area contributed by atoms with Gasteiger partial charge in [0.1, 0.15) is 11.5 Å². The fourth-order valence-electron chi connectivity index (χ4n) is 9.12. The fourth-order valence-corrected chi connectivity index (χ4v) is 9.12. The van der Waals surface area contributed by atoms with Crippen LogP contribution in [0.1, 0.15) is 0 Å². The Morgan fingerprint density at radius 3 is 1.63 bits per heavy atom. The maximum absolute atomic E-state index is 6.72. The molecule has 0 N–H and O–H groups in total. The quantitative estimate of drug-likeness (QED) is 0.168. The molecule has 0 aliphatic carbocycles. The lowest BCUT2D eigenvalue weighted by molar-refractivity contribution is 0.487. The molecule has 1 aromatic heterocycles. The SMILES string of the molecule is c1ccc(-c2ccc(N(c3ccc4c(c3)Oc3cccc5cccc-4c35)c3ccc4c(c3)c3cc5ccccc5cc3n4-c3ccc(-c4ccccc4)cc3)cc2)cc1. The Kier molecular flexibility index (Phi) is 7.54. The van der Waals surface area contributed by atoms with Gasteiger partial charge in [0.05, 0.1) is 11.0 Å². The second-order valence-electron chi connectivity index (χ2n) is 15.4. The zero-order chi connectivity index (χ0) is 38.9. The molecular weight excluding hydrogens is 717 g/mol. The third-order valence-corrected chi connectivity index (χ3v) is 11.9. The molecular formula is C56H36N2O. The van der Waals surface area contributed by atoms with E-state index in [-0.39, 0.29) is 0 Å². The van der Waals surface area contributed by atoms with Crippen LogP contribution < -0.4 is 9.64 Å². The van der Waals surface area contributed by atoms with E-state index in [1.807, 2.05) is 0 Å². The van der Waals surface area contributed by atoms with Crippen LogP contribution in [0.25, 0.3) is 82.4 Å². The van der Waals surface area contributed by atoms with Gasteiger partial charge in [-0.25, -0.2) is 0 Å². The van der Waals surface area contributed by atoms with Crippen LogP contribution in [0.4, 0.5) is 17.1 Å². The van der Waals surface area contributed by atoms with Crippen molar-refractivity contribution in [2.24, 2.45) is 0 Å². The molecule has 59 heavy (non-hydrogen) atoms. The Morgan fingerprint density at radius 1 is 0.339 bits per heavy atom. The molecule has 11 aromatic rings. The topological polar surface area (TPSA) is 17.4 Å². The van der Waals surface area contributed by atoms with Gasteiger partial charge in [0.25, 0.3) is 0 Å². The molecule has 276 valence electrons. The molecule has 10 aromatic carbocycles. The van der Waals surface area contributed by atoms with E-state index in [0.29, 0.717) is 0 Å². The van der Waals surface area contributed by atoms with Crippen molar-refractivity contribution >= 4 is 60.4 Å². The van der Waals surface area contributed by atoms with Gasteiger partial charge in [-0.15, -0.1) is 0 Å². The van der Waals surface area contributed by atoms with E-state index in [0.717, 1.165) is 50.7 Å². The number of ether oxygens (including phenoxy) is 1. The third-order valence-electron chi connectivity index (χ3n) is 11.9. The van der Waals surface area contributed by atoms with E-state index in [1.165, 1.54) is 60.3 Å². The van der Waals surface area contributed by atoms with E-state index < -0.39 is 0 Å². The Hall–Kier alpha value is -7.88. The zero-order valence-electron chi connectivity index (χ0n) is 32.1. The number of aromatic nitrogens is 1. The minimum Gasteiger partial charge on any atom is -0.456 e. The molecule has 3 nitrogen and oxygen atoms in total. The number of fused-ring (bicyclic) bond motifs is 6. The molecule has 0 saturated heterocycles. The first-order valence-electron chi connectivity index (χ1n) is 20.2. The van der Waals surface area contributed by atoms with Gasteiger partial charge in [-0.3, -0.25) is 0 Å². The van der Waals surface area contributed by atoms with Crippen LogP contribution >= 0.6 is 0 Å². The van der Waals surface area contributed by atoms with E-state index in [9.17, 15) is 0 Å². The van der Waals surface area contributed by atoms with E-state index in [4.69, 9.17) is 4.74 Å². The molecule has 0 fully saturated rings. The van der Waals surface area contributed by atoms with Crippen LogP contribution in [0.3, 0.4) is 0 Å². The second kappa shape index (κ2) is 13.4. The van der Waals surface area contributed by atoms with E-state index in [2.05, 4.69) is 228 Å². The molecule has 0 amide bonds. The highest BCUT2D eigenvalue weighted by Crippen LogP contribution is 2.49. The van der Waals surface area contributed by atoms with Crippen LogP contribution in [-0.2, 0) is 0 Å². The number of hydrogen-bond acceptors (Lipinski definition) is 2. The third kappa shape index (κ3) is 5.51. The molecule has 3 heteroatoms. The van der Waals surface area contributed by atoms with E-state index >= 15 is 0 Å². The highest BCUT2D eigenvalue weighted by atomic mass is 16.5. The largest absolute Gasteiger partial charge is 0.456 e. The highest BCUT2D eigenvalue weighted by molar-refractivity contribution is 6.15. The van der Waals surface area contributed by atoms with Gasteiger partial charge in [0, 0.05) is 50.5 Å². The van der Waals surface area contributed by atoms with Crippen molar-refractivity contribution in [3.8, 4) is 50.6 Å². The summed E-state index contributed by atoms with van der Waals surface area (Å²) in [6.07, 6.45) is 0. The van der Waals surface area contributed by atoms with Crippen molar-refractivity contribution in [1.29, 1.82) is 0 Å². The first-order valence-corrected chi connectivity index (χ1v) is 20.2. The van der Waals surface area contributed by atoms with Gasteiger partial charge in [0.2, 0.25) is 0 Å². The average Bonchev–Trinajstić information content (AvgIpc) is 3.61. The summed E-state index contributed by atoms with van der Waals surface area (Å²) in [5.41, 5.74) is 13.7. The summed E-state index contributed by atoms with van der Waals surface area (Å²) in [6, 6.07) is 78.7. The summed E-state index contributed by atoms with van der Waals surface area (Å²) >= 11 is 0. The summed E-state index contributed by atoms with van der Waals surface area (Å²) in [6.45, 7) is 0. The lowest BCUT2D eigenvalue weighted by Crippen LogP contribution is -2.10. The number of nitrogens with zero attached hydrogens (tertiary/aromatic N) is 2. The fraction of sp³-hybridized carbons (Fsp3) is 0. The van der Waals surface area contributed by atoms with Gasteiger partial charge in [0.15, 0.2) is 0 Å². The van der Waals surface area contributed by atoms with Crippen molar-refractivity contribution in [2.45, 2.75) is 0 Å². The molecule has 12 rings (SSSR count). The summed E-state index contributed by atoms with van der Waals surface area (Å²) in [4.78, 5) is 2.36. The zero-order valence-corrected chi connectivity index (χ0v) is 32.1. The number of rotatable bonds is 6. The Morgan fingerprint density at radius 2 is 0.898 bits per heavy atom. The summed E-state index contributed by atoms with van der Waals surface area (Å²) in [7, 11) is 0. The van der Waals surface area contributed by atoms with Crippen molar-refractivity contribution in [3.63, 3.8) is 0 Å². The predicted molar refractivity (Wildman–Crippen MR) is 247 cm³/mol. The van der Waals surface area contributed by atoms with Crippen LogP contribution in [0, 0.1) is 0 Å². The van der Waals surface area contributed by atoms with Crippen molar-refractivity contribution < 1.29 is 4.74 Å². The predicted octanol–water partition coefficient (Wildman–Crippen LogP) is 15.7. The maximum Gasteiger partial charge on any atom is 0.137 e. The average molecular weight is 753 g/mol. The second-order valence-corrected chi connectivity index (χ2v) is 15.4. The number of anilines is 3. The minimum absolute atomic E-state index is 0.850. The molecule has 0 saturated carbocycles. The van der Waals surface area contributed by atoms with Gasteiger partial charge in [-0.1, -0.05) is 140 Å².